The first-order chi connectivity index (χ1) is 10.2. The van der Waals surface area contributed by atoms with E-state index in [2.05, 4.69) is 5.10 Å². The summed E-state index contributed by atoms with van der Waals surface area (Å²) in [4.78, 5) is 11.8. The SMILES string of the molecule is Cc1occc1-c1nn(Cc2ccc(C#N)cc2)c(=O)o1. The number of aryl methyl sites for hydroxylation is 1. The number of aromatic nitrogens is 2. The molecule has 0 saturated carbocycles. The average molecular weight is 281 g/mol. The molecule has 6 nitrogen and oxygen atoms in total. The maximum atomic E-state index is 11.8. The van der Waals surface area contributed by atoms with Crippen molar-refractivity contribution >= 4 is 0 Å². The minimum Gasteiger partial charge on any atom is -0.469 e. The van der Waals surface area contributed by atoms with E-state index < -0.39 is 5.76 Å². The van der Waals surface area contributed by atoms with Crippen molar-refractivity contribution in [2.75, 3.05) is 0 Å². The van der Waals surface area contributed by atoms with Gasteiger partial charge in [0.15, 0.2) is 0 Å². The molecule has 0 amide bonds. The van der Waals surface area contributed by atoms with E-state index in [-0.39, 0.29) is 12.4 Å². The van der Waals surface area contributed by atoms with E-state index in [9.17, 15) is 4.79 Å². The molecule has 0 saturated heterocycles. The van der Waals surface area contributed by atoms with E-state index in [1.165, 1.54) is 10.9 Å². The minimum absolute atomic E-state index is 0.236. The zero-order valence-corrected chi connectivity index (χ0v) is 11.2. The van der Waals surface area contributed by atoms with Gasteiger partial charge in [-0.05, 0) is 30.7 Å². The Labute approximate surface area is 119 Å². The van der Waals surface area contributed by atoms with E-state index in [4.69, 9.17) is 14.1 Å². The van der Waals surface area contributed by atoms with E-state index in [0.717, 1.165) is 5.56 Å². The van der Waals surface area contributed by atoms with E-state index in [0.29, 0.717) is 16.9 Å². The smallest absolute Gasteiger partial charge is 0.437 e. The number of hydrogen-bond acceptors (Lipinski definition) is 5. The lowest BCUT2D eigenvalue weighted by molar-refractivity contribution is 0.492. The highest BCUT2D eigenvalue weighted by molar-refractivity contribution is 5.54. The molecule has 2 heterocycles. The van der Waals surface area contributed by atoms with Crippen molar-refractivity contribution in [3.63, 3.8) is 0 Å². The van der Waals surface area contributed by atoms with Crippen LogP contribution < -0.4 is 5.76 Å². The van der Waals surface area contributed by atoms with Gasteiger partial charge in [0.05, 0.1) is 30.0 Å². The number of furan rings is 1. The van der Waals surface area contributed by atoms with Crippen LogP contribution in [0.5, 0.6) is 0 Å². The molecule has 0 aliphatic heterocycles. The molecule has 104 valence electrons. The van der Waals surface area contributed by atoms with Crippen LogP contribution in [0.4, 0.5) is 0 Å². The Morgan fingerprint density at radius 2 is 2.05 bits per heavy atom. The van der Waals surface area contributed by atoms with Gasteiger partial charge in [-0.3, -0.25) is 0 Å². The van der Waals surface area contributed by atoms with E-state index >= 15 is 0 Å². The lowest BCUT2D eigenvalue weighted by Gasteiger charge is -1.99. The van der Waals surface area contributed by atoms with Crippen LogP contribution >= 0.6 is 0 Å². The fraction of sp³-hybridized carbons (Fsp3) is 0.133. The maximum absolute atomic E-state index is 11.8. The molecule has 0 aliphatic carbocycles. The zero-order valence-electron chi connectivity index (χ0n) is 11.2. The zero-order chi connectivity index (χ0) is 14.8. The second-order valence-corrected chi connectivity index (χ2v) is 4.53. The van der Waals surface area contributed by atoms with Crippen molar-refractivity contribution in [2.24, 2.45) is 0 Å². The fourth-order valence-electron chi connectivity index (χ4n) is 1.98. The number of nitriles is 1. The predicted molar refractivity (Wildman–Crippen MR) is 73.5 cm³/mol. The van der Waals surface area contributed by atoms with Gasteiger partial charge >= 0.3 is 5.76 Å². The summed E-state index contributed by atoms with van der Waals surface area (Å²) in [5.41, 5.74) is 2.09. The van der Waals surface area contributed by atoms with Crippen LogP contribution in [0.2, 0.25) is 0 Å². The van der Waals surface area contributed by atoms with E-state index in [1.807, 2.05) is 6.07 Å². The Hall–Kier alpha value is -3.07. The third-order valence-electron chi connectivity index (χ3n) is 3.11. The van der Waals surface area contributed by atoms with Crippen LogP contribution in [0.15, 0.2) is 50.2 Å². The second-order valence-electron chi connectivity index (χ2n) is 4.53. The molecule has 0 unspecified atom stereocenters. The van der Waals surface area contributed by atoms with Gasteiger partial charge in [-0.25, -0.2) is 4.79 Å². The van der Waals surface area contributed by atoms with Gasteiger partial charge in [-0.2, -0.15) is 9.94 Å². The van der Waals surface area contributed by atoms with Gasteiger partial charge < -0.3 is 8.83 Å². The van der Waals surface area contributed by atoms with Crippen LogP contribution in [0.3, 0.4) is 0 Å². The Kier molecular flexibility index (Phi) is 3.16. The Morgan fingerprint density at radius 3 is 2.67 bits per heavy atom. The highest BCUT2D eigenvalue weighted by Gasteiger charge is 2.14. The molecule has 3 rings (SSSR count). The average Bonchev–Trinajstić information content (AvgIpc) is 3.06. The number of rotatable bonds is 3. The van der Waals surface area contributed by atoms with Crippen molar-refractivity contribution in [1.29, 1.82) is 5.26 Å². The standard InChI is InChI=1S/C15H11N3O3/c1-10-13(6-7-20-10)14-17-18(15(19)21-14)9-12-4-2-11(8-16)3-5-12/h2-7H,9H2,1H3. The lowest BCUT2D eigenvalue weighted by atomic mass is 10.1. The Morgan fingerprint density at radius 1 is 1.29 bits per heavy atom. The highest BCUT2D eigenvalue weighted by Crippen LogP contribution is 2.21. The van der Waals surface area contributed by atoms with Crippen molar-refractivity contribution in [3.8, 4) is 17.5 Å². The van der Waals surface area contributed by atoms with Gasteiger partial charge in [0.25, 0.3) is 5.89 Å². The topological polar surface area (TPSA) is 85.0 Å². The Balaban J connectivity index is 1.90. The van der Waals surface area contributed by atoms with Gasteiger partial charge in [0, 0.05) is 0 Å². The molecule has 21 heavy (non-hydrogen) atoms. The number of benzene rings is 1. The van der Waals surface area contributed by atoms with Crippen LogP contribution in [0.25, 0.3) is 11.5 Å². The molecule has 6 heteroatoms. The predicted octanol–water partition coefficient (Wildman–Crippen LogP) is 2.32. The molecule has 0 bridgehead atoms. The third kappa shape index (κ3) is 2.49. The monoisotopic (exact) mass is 281 g/mol. The van der Waals surface area contributed by atoms with Crippen molar-refractivity contribution in [1.82, 2.24) is 9.78 Å². The summed E-state index contributed by atoms with van der Waals surface area (Å²) >= 11 is 0. The largest absolute Gasteiger partial charge is 0.469 e. The molecule has 0 atom stereocenters. The first-order valence-corrected chi connectivity index (χ1v) is 6.29. The summed E-state index contributed by atoms with van der Waals surface area (Å²) in [5, 5.41) is 12.9. The summed E-state index contributed by atoms with van der Waals surface area (Å²) in [6.07, 6.45) is 1.52. The number of nitrogens with zero attached hydrogens (tertiary/aromatic N) is 3. The molecule has 0 radical (unpaired) electrons. The molecule has 1 aromatic carbocycles. The quantitative estimate of drug-likeness (QED) is 0.735. The van der Waals surface area contributed by atoms with Crippen LogP contribution in [-0.4, -0.2) is 9.78 Å². The van der Waals surface area contributed by atoms with Crippen LogP contribution in [-0.2, 0) is 6.54 Å². The summed E-state index contributed by atoms with van der Waals surface area (Å²) in [6.45, 7) is 2.06. The lowest BCUT2D eigenvalue weighted by Crippen LogP contribution is -2.16. The van der Waals surface area contributed by atoms with Crippen LogP contribution in [0, 0.1) is 18.3 Å². The molecule has 2 aromatic heterocycles. The Bertz CT molecular complexity index is 863. The molecule has 0 N–H and O–H groups in total. The fourth-order valence-corrected chi connectivity index (χ4v) is 1.98. The van der Waals surface area contributed by atoms with Crippen molar-refractivity contribution in [2.45, 2.75) is 13.5 Å². The third-order valence-corrected chi connectivity index (χ3v) is 3.11. The summed E-state index contributed by atoms with van der Waals surface area (Å²) < 4.78 is 11.6. The van der Waals surface area contributed by atoms with Gasteiger partial charge in [0.2, 0.25) is 0 Å². The van der Waals surface area contributed by atoms with Gasteiger partial charge in [-0.15, -0.1) is 5.10 Å². The second kappa shape index (κ2) is 5.13. The summed E-state index contributed by atoms with van der Waals surface area (Å²) in [6, 6.07) is 10.7. The minimum atomic E-state index is -0.532. The first kappa shape index (κ1) is 12.9. The van der Waals surface area contributed by atoms with Crippen molar-refractivity contribution < 1.29 is 8.83 Å². The summed E-state index contributed by atoms with van der Waals surface area (Å²) in [5.74, 6) is 0.344. The molecule has 0 aliphatic rings. The molecular formula is C15H11N3O3. The van der Waals surface area contributed by atoms with Crippen molar-refractivity contribution in [3.05, 3.63) is 64.0 Å². The van der Waals surface area contributed by atoms with Gasteiger partial charge in [-0.1, -0.05) is 12.1 Å². The normalized spacial score (nSPS) is 10.5. The molecule has 3 aromatic rings. The first-order valence-electron chi connectivity index (χ1n) is 6.29. The molecular weight excluding hydrogens is 270 g/mol. The number of hydrogen-bond donors (Lipinski definition) is 0. The molecule has 0 spiro atoms. The maximum Gasteiger partial charge on any atom is 0.437 e. The summed E-state index contributed by atoms with van der Waals surface area (Å²) in [7, 11) is 0. The van der Waals surface area contributed by atoms with Gasteiger partial charge in [0.1, 0.15) is 5.76 Å². The highest BCUT2D eigenvalue weighted by atomic mass is 16.4. The van der Waals surface area contributed by atoms with E-state index in [1.54, 1.807) is 37.3 Å². The van der Waals surface area contributed by atoms with Crippen LogP contribution in [0.1, 0.15) is 16.9 Å². The molecule has 0 fully saturated rings.